The highest BCUT2D eigenvalue weighted by Crippen LogP contribution is 1.96. The molecule has 0 radical (unpaired) electrons. The van der Waals surface area contributed by atoms with Crippen LogP contribution in [0, 0.1) is 10.8 Å². The van der Waals surface area contributed by atoms with Gasteiger partial charge in [0.15, 0.2) is 11.9 Å². The fourth-order valence-corrected chi connectivity index (χ4v) is 0.962. The Morgan fingerprint density at radius 1 is 1.00 bits per heavy atom. The van der Waals surface area contributed by atoms with Gasteiger partial charge in [0.2, 0.25) is 0 Å². The molecule has 0 rings (SSSR count). The molecule has 0 saturated carbocycles. The van der Waals surface area contributed by atoms with E-state index in [4.69, 9.17) is 28.0 Å². The van der Waals surface area contributed by atoms with Gasteiger partial charge in [-0.25, -0.2) is 0 Å². The van der Waals surface area contributed by atoms with E-state index in [1.165, 1.54) is 4.90 Å². The molecule has 0 atom stereocenters. The van der Waals surface area contributed by atoms with Crippen LogP contribution in [0.2, 0.25) is 0 Å². The minimum atomic E-state index is -0.180. The van der Waals surface area contributed by atoms with E-state index in [-0.39, 0.29) is 11.9 Å². The van der Waals surface area contributed by atoms with E-state index in [0.717, 1.165) is 19.3 Å². The molecule has 0 saturated heterocycles. The second-order valence-electron chi connectivity index (χ2n) is 2.77. The van der Waals surface area contributed by atoms with Crippen LogP contribution in [0.3, 0.4) is 0 Å². The Morgan fingerprint density at radius 2 is 1.54 bits per heavy atom. The molecular weight excluding hydrogens is 168 g/mol. The Balaban J connectivity index is 3.71. The minimum absolute atomic E-state index is 0.180. The van der Waals surface area contributed by atoms with Crippen LogP contribution in [0.5, 0.6) is 0 Å². The van der Waals surface area contributed by atoms with Crippen molar-refractivity contribution in [2.75, 3.05) is 13.1 Å². The van der Waals surface area contributed by atoms with E-state index >= 15 is 0 Å². The maximum absolute atomic E-state index is 7.12. The first-order valence-electron chi connectivity index (χ1n) is 4.25. The first-order chi connectivity index (χ1) is 6.09. The molecule has 8 N–H and O–H groups in total. The third kappa shape index (κ3) is 5.02. The van der Waals surface area contributed by atoms with Crippen molar-refractivity contribution in [2.24, 2.45) is 17.2 Å². The van der Waals surface area contributed by atoms with Crippen molar-refractivity contribution in [2.45, 2.75) is 19.3 Å². The van der Waals surface area contributed by atoms with E-state index in [0.29, 0.717) is 13.1 Å². The van der Waals surface area contributed by atoms with E-state index in [1.807, 2.05) is 0 Å². The van der Waals surface area contributed by atoms with Gasteiger partial charge in [0.1, 0.15) is 0 Å². The maximum Gasteiger partial charge on any atom is 0.195 e. The third-order valence-electron chi connectivity index (χ3n) is 1.67. The molecule has 0 aromatic rings. The van der Waals surface area contributed by atoms with Crippen LogP contribution in [0.4, 0.5) is 0 Å². The largest absolute Gasteiger partial charge is 0.370 e. The number of hydrogen-bond donors (Lipinski definition) is 5. The van der Waals surface area contributed by atoms with Crippen LogP contribution in [0.1, 0.15) is 19.3 Å². The molecule has 0 fully saturated rings. The van der Waals surface area contributed by atoms with Crippen molar-refractivity contribution in [3.05, 3.63) is 0 Å². The number of hydrogen-bond acceptors (Lipinski definition) is 3. The number of nitrogens with one attached hydrogen (secondary N) is 2. The molecule has 13 heavy (non-hydrogen) atoms. The second kappa shape index (κ2) is 6.24. The average molecular weight is 186 g/mol. The van der Waals surface area contributed by atoms with Crippen LogP contribution >= 0.6 is 0 Å². The average Bonchev–Trinajstić information content (AvgIpc) is 2.02. The molecule has 0 aromatic heterocycles. The smallest absolute Gasteiger partial charge is 0.195 e. The number of rotatable bonds is 5. The van der Waals surface area contributed by atoms with Crippen molar-refractivity contribution in [3.63, 3.8) is 0 Å². The Labute approximate surface area is 78.1 Å². The number of unbranched alkanes of at least 4 members (excludes halogenated alkanes) is 2. The van der Waals surface area contributed by atoms with Crippen LogP contribution in [0.25, 0.3) is 0 Å². The molecule has 0 aliphatic rings. The molecule has 6 nitrogen and oxygen atoms in total. The molecule has 0 heterocycles. The highest BCUT2D eigenvalue weighted by Gasteiger charge is 2.07. The molecule has 76 valence electrons. The summed E-state index contributed by atoms with van der Waals surface area (Å²) in [5.41, 5.74) is 15.7. The first-order valence-corrected chi connectivity index (χ1v) is 4.25. The summed E-state index contributed by atoms with van der Waals surface area (Å²) in [5.74, 6) is -0.361. The summed E-state index contributed by atoms with van der Waals surface area (Å²) >= 11 is 0. The summed E-state index contributed by atoms with van der Waals surface area (Å²) in [6.45, 7) is 1.19. The van der Waals surface area contributed by atoms with Crippen LogP contribution < -0.4 is 17.2 Å². The predicted octanol–water partition coefficient (Wildman–Crippen LogP) is -0.796. The lowest BCUT2D eigenvalue weighted by molar-refractivity contribution is 0.533. The summed E-state index contributed by atoms with van der Waals surface area (Å²) < 4.78 is 0. The van der Waals surface area contributed by atoms with Gasteiger partial charge < -0.3 is 17.2 Å². The Hall–Kier alpha value is -1.30. The first kappa shape index (κ1) is 11.7. The van der Waals surface area contributed by atoms with Gasteiger partial charge in [0, 0.05) is 6.54 Å². The Morgan fingerprint density at radius 3 is 1.92 bits per heavy atom. The molecule has 0 bridgehead atoms. The van der Waals surface area contributed by atoms with Gasteiger partial charge in [-0.15, -0.1) is 0 Å². The molecule has 0 spiro atoms. The lowest BCUT2D eigenvalue weighted by atomic mass is 10.2. The summed E-state index contributed by atoms with van der Waals surface area (Å²) in [6.07, 6.45) is 2.76. The van der Waals surface area contributed by atoms with E-state index in [1.54, 1.807) is 0 Å². The van der Waals surface area contributed by atoms with Crippen molar-refractivity contribution in [1.82, 2.24) is 4.90 Å². The van der Waals surface area contributed by atoms with E-state index in [9.17, 15) is 0 Å². The highest BCUT2D eigenvalue weighted by atomic mass is 15.3. The van der Waals surface area contributed by atoms with Crippen molar-refractivity contribution >= 4 is 11.9 Å². The summed E-state index contributed by atoms with van der Waals surface area (Å²) in [7, 11) is 0. The van der Waals surface area contributed by atoms with E-state index in [2.05, 4.69) is 0 Å². The standard InChI is InChI=1S/C7H18N6/c8-4-2-1-3-5-13(6(9)10)7(11)12/h1-5,8H2,(H3,9,10)(H3,11,12). The zero-order valence-corrected chi connectivity index (χ0v) is 7.71. The SMILES string of the molecule is N=C(N)N(CCCCCN)C(=N)N. The summed E-state index contributed by atoms with van der Waals surface area (Å²) in [5, 5.41) is 14.2. The predicted molar refractivity (Wildman–Crippen MR) is 53.4 cm³/mol. The maximum atomic E-state index is 7.12. The Kier molecular flexibility index (Phi) is 5.62. The summed E-state index contributed by atoms with van der Waals surface area (Å²) in [6, 6.07) is 0. The zero-order valence-electron chi connectivity index (χ0n) is 7.71. The monoisotopic (exact) mass is 186 g/mol. The molecule has 0 aliphatic carbocycles. The Bertz CT molecular complexity index is 164. The van der Waals surface area contributed by atoms with Gasteiger partial charge in [-0.2, -0.15) is 0 Å². The number of guanidine groups is 2. The van der Waals surface area contributed by atoms with Crippen LogP contribution in [-0.2, 0) is 0 Å². The second-order valence-corrected chi connectivity index (χ2v) is 2.77. The van der Waals surface area contributed by atoms with Crippen LogP contribution in [0.15, 0.2) is 0 Å². The zero-order chi connectivity index (χ0) is 10.3. The molecule has 0 unspecified atom stereocenters. The van der Waals surface area contributed by atoms with Crippen molar-refractivity contribution in [3.8, 4) is 0 Å². The number of nitrogens with two attached hydrogens (primary N) is 3. The normalized spacial score (nSPS) is 9.62. The fourth-order valence-electron chi connectivity index (χ4n) is 0.962. The fraction of sp³-hybridized carbons (Fsp3) is 0.714. The third-order valence-corrected chi connectivity index (χ3v) is 1.67. The molecular formula is C7H18N6. The molecule has 0 amide bonds. The number of nitrogens with zero attached hydrogens (tertiary/aromatic N) is 1. The summed E-state index contributed by atoms with van der Waals surface area (Å²) in [4.78, 5) is 1.26. The van der Waals surface area contributed by atoms with Gasteiger partial charge in [-0.05, 0) is 19.4 Å². The molecule has 6 heteroatoms. The lowest BCUT2D eigenvalue weighted by Gasteiger charge is -2.19. The molecule has 0 aliphatic heterocycles. The van der Waals surface area contributed by atoms with Gasteiger partial charge >= 0.3 is 0 Å². The minimum Gasteiger partial charge on any atom is -0.370 e. The topological polar surface area (TPSA) is 129 Å². The molecule has 0 aromatic carbocycles. The van der Waals surface area contributed by atoms with Crippen molar-refractivity contribution < 1.29 is 0 Å². The quantitative estimate of drug-likeness (QED) is 0.219. The lowest BCUT2D eigenvalue weighted by Crippen LogP contribution is -2.45. The van der Waals surface area contributed by atoms with Crippen molar-refractivity contribution in [1.29, 1.82) is 10.8 Å². The van der Waals surface area contributed by atoms with Gasteiger partial charge in [0.25, 0.3) is 0 Å². The van der Waals surface area contributed by atoms with Gasteiger partial charge in [-0.1, -0.05) is 6.42 Å². The highest BCUT2D eigenvalue weighted by molar-refractivity contribution is 5.94. The van der Waals surface area contributed by atoms with Gasteiger partial charge in [0.05, 0.1) is 0 Å². The van der Waals surface area contributed by atoms with Gasteiger partial charge in [-0.3, -0.25) is 15.7 Å². The van der Waals surface area contributed by atoms with Crippen LogP contribution in [-0.4, -0.2) is 29.9 Å². The van der Waals surface area contributed by atoms with E-state index < -0.39 is 0 Å².